The highest BCUT2D eigenvalue weighted by Crippen LogP contribution is 2.35. The van der Waals surface area contributed by atoms with Crippen molar-refractivity contribution in [1.29, 1.82) is 0 Å². The summed E-state index contributed by atoms with van der Waals surface area (Å²) in [6, 6.07) is 17.5. The summed E-state index contributed by atoms with van der Waals surface area (Å²) in [6.45, 7) is 2.79. The molecule has 196 valence electrons. The molecule has 3 heterocycles. The normalized spacial score (nSPS) is 14.3. The first-order valence-electron chi connectivity index (χ1n) is 12.3. The molecule has 1 N–H and O–H groups in total. The quantitative estimate of drug-likeness (QED) is 0.382. The van der Waals surface area contributed by atoms with Crippen molar-refractivity contribution in [2.45, 2.75) is 31.3 Å². The fourth-order valence-corrected chi connectivity index (χ4v) is 6.05. The molecule has 0 atom stereocenters. The van der Waals surface area contributed by atoms with E-state index in [0.29, 0.717) is 52.9 Å². The molecule has 0 radical (unpaired) electrons. The standard InChI is InChI=1S/C28H26N2O7S/c1-2-18-3-6-23-20(11-18)13-21(28(31)29-23)16-30(15-19-4-7-25-26(12-19)37-17-36-25)38(32,33)22-5-8-24-27(14-22)35-10-9-34-24/h3-8,11-14H,2,9-10,15-17H2,1H3,(H,29,31). The first-order chi connectivity index (χ1) is 18.4. The summed E-state index contributed by atoms with van der Waals surface area (Å²) in [5, 5.41) is 0.846. The smallest absolute Gasteiger partial charge is 0.252 e. The topological polar surface area (TPSA) is 107 Å². The zero-order valence-electron chi connectivity index (χ0n) is 20.7. The van der Waals surface area contributed by atoms with Crippen LogP contribution in [0.4, 0.5) is 0 Å². The summed E-state index contributed by atoms with van der Waals surface area (Å²) in [4.78, 5) is 16.0. The average molecular weight is 535 g/mol. The molecule has 0 aliphatic carbocycles. The molecular formula is C28H26N2O7S. The van der Waals surface area contributed by atoms with E-state index in [0.717, 1.165) is 17.4 Å². The Kier molecular flexibility index (Phi) is 6.21. The number of aromatic nitrogens is 1. The molecule has 0 unspecified atom stereocenters. The second-order valence-electron chi connectivity index (χ2n) is 9.17. The van der Waals surface area contributed by atoms with E-state index in [4.69, 9.17) is 18.9 Å². The van der Waals surface area contributed by atoms with Gasteiger partial charge >= 0.3 is 0 Å². The second kappa shape index (κ2) is 9.70. The highest BCUT2D eigenvalue weighted by Gasteiger charge is 2.28. The Hall–Kier alpha value is -4.02. The molecule has 10 heteroatoms. The average Bonchev–Trinajstić information content (AvgIpc) is 3.40. The third-order valence-corrected chi connectivity index (χ3v) is 8.48. The summed E-state index contributed by atoms with van der Waals surface area (Å²) in [6.07, 6.45) is 0.846. The number of fused-ring (bicyclic) bond motifs is 3. The first kappa shape index (κ1) is 24.3. The minimum atomic E-state index is -4.05. The molecule has 0 amide bonds. The SMILES string of the molecule is CCc1ccc2[nH]c(=O)c(CN(Cc3ccc4c(c3)OCO4)S(=O)(=O)c3ccc4c(c3)OCCO4)cc2c1. The maximum absolute atomic E-state index is 14.0. The molecule has 0 bridgehead atoms. The molecule has 0 fully saturated rings. The van der Waals surface area contributed by atoms with Crippen LogP contribution in [0.3, 0.4) is 0 Å². The zero-order chi connectivity index (χ0) is 26.3. The van der Waals surface area contributed by atoms with E-state index in [1.165, 1.54) is 16.4 Å². The summed E-state index contributed by atoms with van der Waals surface area (Å²) in [5.74, 6) is 2.02. The van der Waals surface area contributed by atoms with E-state index in [1.54, 1.807) is 30.3 Å². The van der Waals surface area contributed by atoms with Crippen molar-refractivity contribution < 1.29 is 27.4 Å². The minimum absolute atomic E-state index is 0.0138. The number of H-pyrrole nitrogens is 1. The maximum Gasteiger partial charge on any atom is 0.252 e. The van der Waals surface area contributed by atoms with Gasteiger partial charge in [0.2, 0.25) is 16.8 Å². The number of aromatic amines is 1. The number of benzene rings is 3. The van der Waals surface area contributed by atoms with E-state index < -0.39 is 10.0 Å². The van der Waals surface area contributed by atoms with Gasteiger partial charge in [-0.25, -0.2) is 8.42 Å². The summed E-state index contributed by atoms with van der Waals surface area (Å²) < 4.78 is 51.3. The fourth-order valence-electron chi connectivity index (χ4n) is 4.63. The van der Waals surface area contributed by atoms with Crippen LogP contribution < -0.4 is 24.5 Å². The molecule has 2 aliphatic rings. The number of sulfonamides is 1. The largest absolute Gasteiger partial charge is 0.486 e. The van der Waals surface area contributed by atoms with E-state index in [1.807, 2.05) is 18.2 Å². The van der Waals surface area contributed by atoms with Gasteiger partial charge in [-0.3, -0.25) is 4.79 Å². The van der Waals surface area contributed by atoms with Crippen molar-refractivity contribution in [3.8, 4) is 23.0 Å². The molecule has 9 nitrogen and oxygen atoms in total. The van der Waals surface area contributed by atoms with Gasteiger partial charge in [0.15, 0.2) is 23.0 Å². The Morgan fingerprint density at radius 2 is 1.50 bits per heavy atom. The Balaban J connectivity index is 1.41. The van der Waals surface area contributed by atoms with Crippen LogP contribution in [-0.4, -0.2) is 37.7 Å². The van der Waals surface area contributed by atoms with Gasteiger partial charge in [-0.2, -0.15) is 4.31 Å². The number of hydrogen-bond donors (Lipinski definition) is 1. The molecule has 0 saturated heterocycles. The fraction of sp³-hybridized carbons (Fsp3) is 0.250. The van der Waals surface area contributed by atoms with E-state index in [-0.39, 0.29) is 30.3 Å². The molecule has 3 aromatic carbocycles. The second-order valence-corrected chi connectivity index (χ2v) is 11.1. The molecule has 1 aromatic heterocycles. The lowest BCUT2D eigenvalue weighted by Gasteiger charge is -2.24. The first-order valence-corrected chi connectivity index (χ1v) is 13.8. The van der Waals surface area contributed by atoms with Crippen molar-refractivity contribution in [3.05, 3.63) is 87.7 Å². The molecule has 0 saturated carbocycles. The van der Waals surface area contributed by atoms with Gasteiger partial charge in [0.05, 0.1) is 4.90 Å². The zero-order valence-corrected chi connectivity index (χ0v) is 21.5. The Labute approximate surface area is 219 Å². The van der Waals surface area contributed by atoms with E-state index in [2.05, 4.69) is 11.9 Å². The molecule has 6 rings (SSSR count). The Bertz CT molecular complexity index is 1700. The van der Waals surface area contributed by atoms with Gasteiger partial charge in [-0.15, -0.1) is 0 Å². The van der Waals surface area contributed by atoms with Crippen LogP contribution in [0.15, 0.2) is 70.4 Å². The van der Waals surface area contributed by atoms with Crippen LogP contribution in [-0.2, 0) is 29.5 Å². The van der Waals surface area contributed by atoms with Crippen LogP contribution in [0.5, 0.6) is 23.0 Å². The van der Waals surface area contributed by atoms with Crippen molar-refractivity contribution >= 4 is 20.9 Å². The number of nitrogens with zero attached hydrogens (tertiary/aromatic N) is 1. The highest BCUT2D eigenvalue weighted by molar-refractivity contribution is 7.89. The Morgan fingerprint density at radius 3 is 2.34 bits per heavy atom. The third-order valence-electron chi connectivity index (χ3n) is 6.69. The number of hydrogen-bond acceptors (Lipinski definition) is 7. The number of rotatable bonds is 7. The van der Waals surface area contributed by atoms with Gasteiger partial charge in [-0.1, -0.05) is 19.1 Å². The van der Waals surface area contributed by atoms with Gasteiger partial charge in [0.1, 0.15) is 13.2 Å². The highest BCUT2D eigenvalue weighted by atomic mass is 32.2. The number of aryl methyl sites for hydroxylation is 1. The number of ether oxygens (including phenoxy) is 4. The lowest BCUT2D eigenvalue weighted by Crippen LogP contribution is -2.32. The lowest BCUT2D eigenvalue weighted by molar-refractivity contribution is 0.171. The molecule has 2 aliphatic heterocycles. The summed E-state index contributed by atoms with van der Waals surface area (Å²) in [5.41, 5.74) is 2.52. The van der Waals surface area contributed by atoms with Crippen molar-refractivity contribution in [2.24, 2.45) is 0 Å². The van der Waals surface area contributed by atoms with Crippen LogP contribution >= 0.6 is 0 Å². The third kappa shape index (κ3) is 4.57. The number of nitrogens with one attached hydrogen (secondary N) is 1. The molecule has 0 spiro atoms. The van der Waals surface area contributed by atoms with E-state index in [9.17, 15) is 13.2 Å². The van der Waals surface area contributed by atoms with Crippen molar-refractivity contribution in [3.63, 3.8) is 0 Å². The van der Waals surface area contributed by atoms with Gasteiger partial charge in [-0.05, 0) is 65.4 Å². The molecule has 4 aromatic rings. The minimum Gasteiger partial charge on any atom is -0.486 e. The molecular weight excluding hydrogens is 508 g/mol. The van der Waals surface area contributed by atoms with Gasteiger partial charge in [0.25, 0.3) is 5.56 Å². The van der Waals surface area contributed by atoms with Crippen LogP contribution in [0.2, 0.25) is 0 Å². The maximum atomic E-state index is 14.0. The predicted molar refractivity (Wildman–Crippen MR) is 140 cm³/mol. The van der Waals surface area contributed by atoms with Gasteiger partial charge in [0, 0.05) is 30.2 Å². The van der Waals surface area contributed by atoms with Crippen molar-refractivity contribution in [1.82, 2.24) is 9.29 Å². The van der Waals surface area contributed by atoms with Crippen LogP contribution in [0.1, 0.15) is 23.6 Å². The van der Waals surface area contributed by atoms with Crippen LogP contribution in [0.25, 0.3) is 10.9 Å². The molecule has 38 heavy (non-hydrogen) atoms. The summed E-state index contributed by atoms with van der Waals surface area (Å²) in [7, 11) is -4.05. The van der Waals surface area contributed by atoms with Crippen LogP contribution in [0, 0.1) is 0 Å². The monoisotopic (exact) mass is 534 g/mol. The Morgan fingerprint density at radius 1 is 0.789 bits per heavy atom. The van der Waals surface area contributed by atoms with Crippen molar-refractivity contribution in [2.75, 3.05) is 20.0 Å². The number of pyridine rings is 1. The van der Waals surface area contributed by atoms with Gasteiger partial charge < -0.3 is 23.9 Å². The lowest BCUT2D eigenvalue weighted by atomic mass is 10.1. The summed E-state index contributed by atoms with van der Waals surface area (Å²) >= 11 is 0. The predicted octanol–water partition coefficient (Wildman–Crippen LogP) is 3.98. The van der Waals surface area contributed by atoms with E-state index >= 15 is 0 Å².